The summed E-state index contributed by atoms with van der Waals surface area (Å²) >= 11 is 0. The van der Waals surface area contributed by atoms with Crippen LogP contribution in [0.3, 0.4) is 0 Å². The van der Waals surface area contributed by atoms with Gasteiger partial charge in [-0.25, -0.2) is 9.78 Å². The fourth-order valence-corrected chi connectivity index (χ4v) is 1.68. The van der Waals surface area contributed by atoms with Crippen molar-refractivity contribution < 1.29 is 9.78 Å². The quantitative estimate of drug-likeness (QED) is 0.539. The van der Waals surface area contributed by atoms with Crippen LogP contribution in [0.4, 0.5) is 0 Å². The molecular weight excluding hydrogens is 164 g/mol. The fourth-order valence-electron chi connectivity index (χ4n) is 1.68. The zero-order valence-electron chi connectivity index (χ0n) is 8.59. The highest BCUT2D eigenvalue weighted by Gasteiger charge is 1.96. The minimum Gasteiger partial charge on any atom is -0.237 e. The third-order valence-electron chi connectivity index (χ3n) is 2.54. The Bertz CT molecular complexity index is 56.2. The van der Waals surface area contributed by atoms with Crippen molar-refractivity contribution in [1.82, 2.24) is 0 Å². The normalized spacial score (nSPS) is 24.0. The highest BCUT2D eigenvalue weighted by atomic mass is 17.2. The van der Waals surface area contributed by atoms with Crippen molar-refractivity contribution in [3.63, 3.8) is 0 Å². The molecule has 0 aromatic rings. The first-order valence-corrected chi connectivity index (χ1v) is 5.74. The minimum atomic E-state index is 0.778. The van der Waals surface area contributed by atoms with Crippen LogP contribution in [0.25, 0.3) is 0 Å². The lowest BCUT2D eigenvalue weighted by Gasteiger charge is -2.02. The molecule has 1 saturated heterocycles. The van der Waals surface area contributed by atoms with E-state index < -0.39 is 0 Å². The van der Waals surface area contributed by atoms with Crippen LogP contribution in [0, 0.1) is 0 Å². The summed E-state index contributed by atoms with van der Waals surface area (Å²) in [6, 6.07) is 0. The van der Waals surface area contributed by atoms with Crippen LogP contribution in [-0.4, -0.2) is 13.2 Å². The van der Waals surface area contributed by atoms with Gasteiger partial charge in [-0.2, -0.15) is 0 Å². The van der Waals surface area contributed by atoms with E-state index in [4.69, 9.17) is 9.78 Å². The molecule has 0 amide bonds. The fraction of sp³-hybridized carbons (Fsp3) is 1.00. The van der Waals surface area contributed by atoms with E-state index in [1.165, 1.54) is 44.9 Å². The minimum absolute atomic E-state index is 0.778. The summed E-state index contributed by atoms with van der Waals surface area (Å²) in [5.74, 6) is 0. The van der Waals surface area contributed by atoms with Gasteiger partial charge in [0.15, 0.2) is 0 Å². The second kappa shape index (κ2) is 8.52. The first-order chi connectivity index (χ1) is 6.50. The molecule has 0 aromatic heterocycles. The summed E-state index contributed by atoms with van der Waals surface area (Å²) in [7, 11) is 0. The zero-order chi connectivity index (χ0) is 9.19. The Morgan fingerprint density at radius 2 is 0.692 bits per heavy atom. The molecular formula is C11H22O2. The number of hydrogen-bond acceptors (Lipinski definition) is 2. The Balaban J connectivity index is 2.01. The smallest absolute Gasteiger partial charge is 0.0822 e. The van der Waals surface area contributed by atoms with Gasteiger partial charge >= 0.3 is 0 Å². The van der Waals surface area contributed by atoms with E-state index in [2.05, 4.69) is 0 Å². The monoisotopic (exact) mass is 186 g/mol. The molecule has 0 radical (unpaired) electrons. The van der Waals surface area contributed by atoms with Crippen LogP contribution in [0.5, 0.6) is 0 Å². The summed E-state index contributed by atoms with van der Waals surface area (Å²) < 4.78 is 0. The average Bonchev–Trinajstić information content (AvgIpc) is 2.18. The third kappa shape index (κ3) is 7.03. The average molecular weight is 186 g/mol. The maximum absolute atomic E-state index is 5.05. The standard InChI is InChI=1S/C11H22O2/c1-2-4-6-8-10-12-13-11-9-7-5-3-1/h1-11H2. The summed E-state index contributed by atoms with van der Waals surface area (Å²) in [5.41, 5.74) is 0. The van der Waals surface area contributed by atoms with Crippen LogP contribution in [0.15, 0.2) is 0 Å². The molecule has 1 heterocycles. The van der Waals surface area contributed by atoms with Gasteiger partial charge in [0.05, 0.1) is 13.2 Å². The molecule has 2 heteroatoms. The van der Waals surface area contributed by atoms with Crippen LogP contribution >= 0.6 is 0 Å². The molecule has 0 saturated carbocycles. The predicted octanol–water partition coefficient (Wildman–Crippen LogP) is 3.46. The largest absolute Gasteiger partial charge is 0.237 e. The van der Waals surface area contributed by atoms with Crippen molar-refractivity contribution in [2.45, 2.75) is 57.8 Å². The van der Waals surface area contributed by atoms with E-state index in [1.807, 2.05) is 0 Å². The molecule has 1 rings (SSSR count). The molecule has 0 aromatic carbocycles. The van der Waals surface area contributed by atoms with E-state index >= 15 is 0 Å². The van der Waals surface area contributed by atoms with Crippen molar-refractivity contribution >= 4 is 0 Å². The molecule has 0 bridgehead atoms. The highest BCUT2D eigenvalue weighted by Crippen LogP contribution is 2.10. The van der Waals surface area contributed by atoms with Gasteiger partial charge in [-0.15, -0.1) is 0 Å². The lowest BCUT2D eigenvalue weighted by Crippen LogP contribution is -1.98. The molecule has 0 unspecified atom stereocenters. The molecule has 0 spiro atoms. The van der Waals surface area contributed by atoms with Gasteiger partial charge < -0.3 is 0 Å². The van der Waals surface area contributed by atoms with E-state index in [9.17, 15) is 0 Å². The first-order valence-electron chi connectivity index (χ1n) is 5.74. The molecule has 13 heavy (non-hydrogen) atoms. The van der Waals surface area contributed by atoms with Crippen molar-refractivity contribution in [3.8, 4) is 0 Å². The molecule has 2 nitrogen and oxygen atoms in total. The van der Waals surface area contributed by atoms with Gasteiger partial charge in [0.25, 0.3) is 0 Å². The lowest BCUT2D eigenvalue weighted by atomic mass is 10.1. The maximum Gasteiger partial charge on any atom is 0.0822 e. The summed E-state index contributed by atoms with van der Waals surface area (Å²) in [6.45, 7) is 1.56. The van der Waals surface area contributed by atoms with E-state index in [0.29, 0.717) is 0 Å². The Morgan fingerprint density at radius 3 is 1.08 bits per heavy atom. The topological polar surface area (TPSA) is 18.5 Å². The Hall–Kier alpha value is -0.0800. The molecule has 1 fully saturated rings. The van der Waals surface area contributed by atoms with Crippen molar-refractivity contribution in [2.75, 3.05) is 13.2 Å². The van der Waals surface area contributed by atoms with E-state index in [0.717, 1.165) is 26.1 Å². The molecule has 0 aliphatic carbocycles. The van der Waals surface area contributed by atoms with Crippen LogP contribution in [0.1, 0.15) is 57.8 Å². The molecule has 1 aliphatic rings. The molecule has 1 aliphatic heterocycles. The van der Waals surface area contributed by atoms with Crippen LogP contribution in [-0.2, 0) is 9.78 Å². The zero-order valence-corrected chi connectivity index (χ0v) is 8.59. The Kier molecular flexibility index (Phi) is 7.20. The van der Waals surface area contributed by atoms with Crippen LogP contribution in [0.2, 0.25) is 0 Å². The van der Waals surface area contributed by atoms with E-state index in [1.54, 1.807) is 0 Å². The lowest BCUT2D eigenvalue weighted by molar-refractivity contribution is -0.295. The van der Waals surface area contributed by atoms with Crippen molar-refractivity contribution in [3.05, 3.63) is 0 Å². The summed E-state index contributed by atoms with van der Waals surface area (Å²) in [6.07, 6.45) is 11.9. The predicted molar refractivity (Wildman–Crippen MR) is 53.5 cm³/mol. The van der Waals surface area contributed by atoms with Crippen LogP contribution < -0.4 is 0 Å². The van der Waals surface area contributed by atoms with Gasteiger partial charge in [0, 0.05) is 0 Å². The van der Waals surface area contributed by atoms with Gasteiger partial charge in [0.1, 0.15) is 0 Å². The highest BCUT2D eigenvalue weighted by molar-refractivity contribution is 4.47. The van der Waals surface area contributed by atoms with Crippen molar-refractivity contribution in [1.29, 1.82) is 0 Å². The summed E-state index contributed by atoms with van der Waals surface area (Å²) in [4.78, 5) is 10.1. The second-order valence-corrected chi connectivity index (χ2v) is 3.83. The van der Waals surface area contributed by atoms with Gasteiger partial charge in [0.2, 0.25) is 0 Å². The Labute approximate surface area is 81.5 Å². The number of hydrogen-bond donors (Lipinski definition) is 0. The summed E-state index contributed by atoms with van der Waals surface area (Å²) in [5, 5.41) is 0. The SMILES string of the molecule is C1CCCCCOOCCCCC1. The second-order valence-electron chi connectivity index (χ2n) is 3.83. The van der Waals surface area contributed by atoms with Gasteiger partial charge in [-0.3, -0.25) is 0 Å². The van der Waals surface area contributed by atoms with Gasteiger partial charge in [-0.1, -0.05) is 44.9 Å². The molecule has 0 atom stereocenters. The third-order valence-corrected chi connectivity index (χ3v) is 2.54. The van der Waals surface area contributed by atoms with Gasteiger partial charge in [-0.05, 0) is 12.8 Å². The van der Waals surface area contributed by atoms with E-state index in [-0.39, 0.29) is 0 Å². The molecule has 0 N–H and O–H groups in total. The maximum atomic E-state index is 5.05. The number of rotatable bonds is 0. The Morgan fingerprint density at radius 1 is 0.385 bits per heavy atom. The van der Waals surface area contributed by atoms with Crippen molar-refractivity contribution in [2.24, 2.45) is 0 Å². The first kappa shape index (κ1) is 11.0. The molecule has 78 valence electrons.